The third-order valence-corrected chi connectivity index (χ3v) is 0.320. The number of carbonyl (C=O) groups is 1. The first-order chi connectivity index (χ1) is 4.13. The Hall–Kier alpha value is -0.640. The monoisotopic (exact) mass is 149 g/mol. The second-order valence-corrected chi connectivity index (χ2v) is 1.21. The van der Waals surface area contributed by atoms with E-state index in [1.54, 1.807) is 13.2 Å². The van der Waals surface area contributed by atoms with Gasteiger partial charge in [0.25, 0.3) is 0 Å². The summed E-state index contributed by atoms with van der Waals surface area (Å²) in [5.41, 5.74) is 0.438. The number of carboxylic acid groups (broad SMARTS) is 1. The summed E-state index contributed by atoms with van der Waals surface area (Å²) in [6.07, 6.45) is 0.632. The molecule has 0 aromatic carbocycles. The van der Waals surface area contributed by atoms with Crippen molar-refractivity contribution >= 4 is 18.7 Å². The van der Waals surface area contributed by atoms with Gasteiger partial charge in [-0.2, -0.15) is 12.6 Å². The first-order valence-electron chi connectivity index (χ1n) is 2.23. The molecule has 0 saturated carbocycles. The van der Waals surface area contributed by atoms with Crippen LogP contribution in [0.1, 0.15) is 6.92 Å². The van der Waals surface area contributed by atoms with Gasteiger partial charge in [0.15, 0.2) is 0 Å². The lowest BCUT2D eigenvalue weighted by molar-refractivity contribution is 0.197. The maximum Gasteiger partial charge on any atom is 0.408 e. The Labute approximate surface area is 60.2 Å². The van der Waals surface area contributed by atoms with Gasteiger partial charge in [0.2, 0.25) is 0 Å². The van der Waals surface area contributed by atoms with E-state index < -0.39 is 6.09 Å². The second-order valence-electron chi connectivity index (χ2n) is 1.21. The van der Waals surface area contributed by atoms with E-state index in [1.807, 2.05) is 5.32 Å². The maximum atomic E-state index is 9.64. The van der Waals surface area contributed by atoms with Gasteiger partial charge in [0, 0.05) is 5.70 Å². The highest BCUT2D eigenvalue weighted by Crippen LogP contribution is 1.74. The van der Waals surface area contributed by atoms with E-state index >= 15 is 0 Å². The third kappa shape index (κ3) is 18.7. The van der Waals surface area contributed by atoms with Crippen LogP contribution in [-0.4, -0.2) is 17.5 Å². The quantitative estimate of drug-likeness (QED) is 0.493. The highest BCUT2D eigenvalue weighted by molar-refractivity contribution is 7.79. The zero-order valence-electron chi connectivity index (χ0n) is 5.51. The zero-order valence-corrected chi connectivity index (χ0v) is 6.40. The predicted octanol–water partition coefficient (Wildman–Crippen LogP) is 1.33. The molecule has 9 heavy (non-hydrogen) atoms. The Bertz CT molecular complexity index is 91.1. The van der Waals surface area contributed by atoms with Crippen molar-refractivity contribution < 1.29 is 9.90 Å². The molecule has 4 heteroatoms. The van der Waals surface area contributed by atoms with Gasteiger partial charge in [-0.05, 0) is 13.2 Å². The van der Waals surface area contributed by atoms with E-state index in [1.165, 1.54) is 0 Å². The molecule has 0 heterocycles. The fourth-order valence-electron chi connectivity index (χ4n) is 0.183. The minimum Gasteiger partial charge on any atom is -0.465 e. The lowest BCUT2D eigenvalue weighted by Gasteiger charge is -1.92. The molecule has 0 unspecified atom stereocenters. The number of thiol groups is 1. The Morgan fingerprint density at radius 2 is 2.00 bits per heavy atom. The molecule has 0 aromatic heterocycles. The second kappa shape index (κ2) is 7.36. The first-order valence-corrected chi connectivity index (χ1v) is 3.12. The van der Waals surface area contributed by atoms with E-state index in [2.05, 4.69) is 19.2 Å². The molecule has 0 aliphatic heterocycles. The van der Waals surface area contributed by atoms with Gasteiger partial charge in [-0.15, -0.1) is 0 Å². The highest BCUT2D eigenvalue weighted by atomic mass is 32.1. The Morgan fingerprint density at radius 1 is 1.67 bits per heavy atom. The number of nitrogens with one attached hydrogen (secondary N) is 1. The Morgan fingerprint density at radius 3 is 2.00 bits per heavy atom. The van der Waals surface area contributed by atoms with E-state index in [9.17, 15) is 4.79 Å². The summed E-state index contributed by atoms with van der Waals surface area (Å²) in [6.45, 7) is 4.88. The van der Waals surface area contributed by atoms with Crippen molar-refractivity contribution in [3.05, 3.63) is 12.3 Å². The lowest BCUT2D eigenvalue weighted by atomic mass is 10.6. The predicted molar refractivity (Wildman–Crippen MR) is 40.9 cm³/mol. The van der Waals surface area contributed by atoms with Crippen LogP contribution in [0.5, 0.6) is 0 Å². The number of hydrogen-bond donors (Lipinski definition) is 3. The normalized spacial score (nSPS) is 6.56. The molecule has 0 atom stereocenters. The van der Waals surface area contributed by atoms with Crippen LogP contribution < -0.4 is 5.32 Å². The fourth-order valence-corrected chi connectivity index (χ4v) is 0.183. The van der Waals surface area contributed by atoms with Gasteiger partial charge >= 0.3 is 6.09 Å². The summed E-state index contributed by atoms with van der Waals surface area (Å²) in [5.74, 6) is 0. The highest BCUT2D eigenvalue weighted by Gasteiger charge is 1.88. The summed E-state index contributed by atoms with van der Waals surface area (Å²) in [7, 11) is 0. The van der Waals surface area contributed by atoms with Gasteiger partial charge in [-0.3, -0.25) is 5.32 Å². The molecular weight excluding hydrogens is 138 g/mol. The average Bonchev–Trinajstić information content (AvgIpc) is 1.68. The summed E-state index contributed by atoms with van der Waals surface area (Å²) >= 11 is 3.53. The molecule has 0 bridgehead atoms. The zero-order chi connectivity index (χ0) is 7.86. The summed E-state index contributed by atoms with van der Waals surface area (Å²) in [4.78, 5) is 9.64. The van der Waals surface area contributed by atoms with Crippen LogP contribution in [0.15, 0.2) is 12.3 Å². The van der Waals surface area contributed by atoms with E-state index in [0.29, 0.717) is 5.70 Å². The van der Waals surface area contributed by atoms with E-state index in [-0.39, 0.29) is 0 Å². The number of amides is 1. The average molecular weight is 149 g/mol. The third-order valence-electron chi connectivity index (χ3n) is 0.320. The molecule has 0 aliphatic carbocycles. The standard InChI is InChI=1S/C4H7NO2.CH4S/c1-3(2)5-4(6)7;1-2/h5H,1H2,2H3,(H,6,7);2H,1H3. The lowest BCUT2D eigenvalue weighted by Crippen LogP contribution is -2.16. The molecule has 0 aliphatic rings. The van der Waals surface area contributed by atoms with Gasteiger partial charge < -0.3 is 5.11 Å². The molecule has 3 nitrogen and oxygen atoms in total. The van der Waals surface area contributed by atoms with E-state index in [4.69, 9.17) is 5.11 Å². The van der Waals surface area contributed by atoms with Crippen molar-refractivity contribution in [1.82, 2.24) is 5.32 Å². The maximum absolute atomic E-state index is 9.64. The number of rotatable bonds is 1. The molecule has 0 radical (unpaired) electrons. The number of allylic oxidation sites excluding steroid dienone is 1. The van der Waals surface area contributed by atoms with E-state index in [0.717, 1.165) is 0 Å². The molecule has 54 valence electrons. The summed E-state index contributed by atoms with van der Waals surface area (Å²) in [6, 6.07) is 0. The summed E-state index contributed by atoms with van der Waals surface area (Å²) in [5, 5.41) is 9.94. The first kappa shape index (κ1) is 11.2. The molecule has 0 aromatic rings. The van der Waals surface area contributed by atoms with Gasteiger partial charge in [0.05, 0.1) is 0 Å². The molecule has 0 saturated heterocycles. The van der Waals surface area contributed by atoms with Crippen LogP contribution >= 0.6 is 12.6 Å². The van der Waals surface area contributed by atoms with Crippen molar-refractivity contribution in [3.63, 3.8) is 0 Å². The molecular formula is C5H11NO2S. The molecule has 2 N–H and O–H groups in total. The van der Waals surface area contributed by atoms with Gasteiger partial charge in [-0.1, -0.05) is 6.58 Å². The summed E-state index contributed by atoms with van der Waals surface area (Å²) < 4.78 is 0. The minimum atomic E-state index is -1.06. The molecule has 1 amide bonds. The van der Waals surface area contributed by atoms with Crippen LogP contribution in [0.2, 0.25) is 0 Å². The van der Waals surface area contributed by atoms with Crippen molar-refractivity contribution in [2.24, 2.45) is 0 Å². The van der Waals surface area contributed by atoms with Crippen LogP contribution in [0.25, 0.3) is 0 Å². The molecule has 0 spiro atoms. The van der Waals surface area contributed by atoms with Crippen molar-refractivity contribution in [3.8, 4) is 0 Å². The van der Waals surface area contributed by atoms with Gasteiger partial charge in [-0.25, -0.2) is 4.79 Å². The van der Waals surface area contributed by atoms with Crippen molar-refractivity contribution in [1.29, 1.82) is 0 Å². The minimum absolute atomic E-state index is 0.438. The topological polar surface area (TPSA) is 49.3 Å². The van der Waals surface area contributed by atoms with Crippen molar-refractivity contribution in [2.45, 2.75) is 6.92 Å². The molecule has 0 fully saturated rings. The van der Waals surface area contributed by atoms with Crippen LogP contribution in [-0.2, 0) is 0 Å². The number of hydrogen-bond acceptors (Lipinski definition) is 2. The Kier molecular flexibility index (Phi) is 9.16. The SMILES string of the molecule is C=C(C)NC(=O)O.CS. The van der Waals surface area contributed by atoms with Crippen LogP contribution in [0.3, 0.4) is 0 Å². The van der Waals surface area contributed by atoms with Crippen molar-refractivity contribution in [2.75, 3.05) is 6.26 Å². The van der Waals surface area contributed by atoms with Crippen LogP contribution in [0, 0.1) is 0 Å². The molecule has 0 rings (SSSR count). The fraction of sp³-hybridized carbons (Fsp3) is 0.400. The smallest absolute Gasteiger partial charge is 0.408 e. The largest absolute Gasteiger partial charge is 0.465 e. The van der Waals surface area contributed by atoms with Crippen LogP contribution in [0.4, 0.5) is 4.79 Å². The Balaban J connectivity index is 0. The van der Waals surface area contributed by atoms with Gasteiger partial charge in [0.1, 0.15) is 0 Å².